The molecule has 0 bridgehead atoms. The smallest absolute Gasteiger partial charge is 0.356 e. The monoisotopic (exact) mass is 303 g/mol. The van der Waals surface area contributed by atoms with Gasteiger partial charge in [-0.2, -0.15) is 13.2 Å². The van der Waals surface area contributed by atoms with Crippen LogP contribution in [0.1, 0.15) is 18.4 Å². The molecule has 0 spiro atoms. The van der Waals surface area contributed by atoms with E-state index in [0.29, 0.717) is 24.9 Å². The molecule has 3 N–H and O–H groups in total. The first kappa shape index (κ1) is 15.8. The number of pyridine rings is 1. The molecule has 1 fully saturated rings. The normalized spacial score (nSPS) is 17.4. The number of piperidine rings is 1. The Kier molecular flexibility index (Phi) is 4.58. The van der Waals surface area contributed by atoms with Crippen LogP contribution < -0.4 is 16.2 Å². The molecule has 0 unspecified atom stereocenters. The second kappa shape index (κ2) is 6.07. The summed E-state index contributed by atoms with van der Waals surface area (Å²) in [7, 11) is 4.03. The summed E-state index contributed by atoms with van der Waals surface area (Å²) in [6.07, 6.45) is -2.61. The van der Waals surface area contributed by atoms with Crippen molar-refractivity contribution < 1.29 is 13.2 Å². The van der Waals surface area contributed by atoms with Crippen molar-refractivity contribution in [1.29, 1.82) is 0 Å². The van der Waals surface area contributed by atoms with E-state index in [1.807, 2.05) is 19.0 Å². The molecule has 8 heteroatoms. The van der Waals surface area contributed by atoms with Crippen molar-refractivity contribution in [3.63, 3.8) is 0 Å². The van der Waals surface area contributed by atoms with Crippen LogP contribution >= 0.6 is 0 Å². The van der Waals surface area contributed by atoms with Crippen molar-refractivity contribution in [2.75, 3.05) is 37.5 Å². The number of halogens is 3. The fourth-order valence-electron chi connectivity index (χ4n) is 2.53. The molecule has 1 aromatic heterocycles. The number of nitrogens with two attached hydrogens (primary N) is 1. The lowest BCUT2D eigenvalue weighted by molar-refractivity contribution is -0.137. The number of aromatic nitrogens is 1. The molecule has 1 saturated heterocycles. The third kappa shape index (κ3) is 3.76. The molecule has 0 aromatic carbocycles. The number of hydrazine groups is 1. The van der Waals surface area contributed by atoms with Crippen LogP contribution in [0.25, 0.3) is 0 Å². The average molecular weight is 303 g/mol. The fraction of sp³-hybridized carbons (Fsp3) is 0.615. The summed E-state index contributed by atoms with van der Waals surface area (Å²) in [5.41, 5.74) is 1.46. The summed E-state index contributed by atoms with van der Waals surface area (Å²) in [4.78, 5) is 8.15. The second-order valence-electron chi connectivity index (χ2n) is 5.42. The van der Waals surface area contributed by atoms with Crippen molar-refractivity contribution >= 4 is 11.6 Å². The number of alkyl halides is 3. The molecular weight excluding hydrogens is 283 g/mol. The molecule has 0 saturated carbocycles. The van der Waals surface area contributed by atoms with Gasteiger partial charge in [0.1, 0.15) is 11.6 Å². The highest BCUT2D eigenvalue weighted by Gasteiger charge is 2.32. The lowest BCUT2D eigenvalue weighted by Crippen LogP contribution is -2.42. The minimum absolute atomic E-state index is 0.0227. The Labute approximate surface area is 121 Å². The Balaban J connectivity index is 2.20. The molecule has 0 radical (unpaired) electrons. The van der Waals surface area contributed by atoms with Gasteiger partial charge in [-0.3, -0.25) is 0 Å². The van der Waals surface area contributed by atoms with Gasteiger partial charge in [0.15, 0.2) is 0 Å². The van der Waals surface area contributed by atoms with Crippen molar-refractivity contribution in [2.24, 2.45) is 5.84 Å². The number of nitrogen functional groups attached to an aromatic ring is 1. The highest BCUT2D eigenvalue weighted by atomic mass is 19.4. The Hall–Kier alpha value is -1.54. The van der Waals surface area contributed by atoms with Crippen LogP contribution in [0.4, 0.5) is 24.8 Å². The van der Waals surface area contributed by atoms with Gasteiger partial charge in [0, 0.05) is 19.1 Å². The Bertz CT molecular complexity index is 481. The summed E-state index contributed by atoms with van der Waals surface area (Å²) in [6, 6.07) is 2.45. The summed E-state index contributed by atoms with van der Waals surface area (Å²) >= 11 is 0. The zero-order valence-electron chi connectivity index (χ0n) is 12.1. The number of hydrogen-bond donors (Lipinski definition) is 2. The van der Waals surface area contributed by atoms with Crippen molar-refractivity contribution in [3.8, 4) is 0 Å². The highest BCUT2D eigenvalue weighted by Crippen LogP contribution is 2.33. The number of nitrogens with zero attached hydrogens (tertiary/aromatic N) is 3. The average Bonchev–Trinajstić information content (AvgIpc) is 2.46. The zero-order valence-corrected chi connectivity index (χ0v) is 12.1. The van der Waals surface area contributed by atoms with Crippen LogP contribution in [0.3, 0.4) is 0 Å². The molecule has 1 aliphatic rings. The van der Waals surface area contributed by atoms with Crippen molar-refractivity contribution in [1.82, 2.24) is 9.88 Å². The van der Waals surface area contributed by atoms with Crippen molar-refractivity contribution in [3.05, 3.63) is 17.7 Å². The minimum Gasteiger partial charge on any atom is -0.356 e. The van der Waals surface area contributed by atoms with Gasteiger partial charge in [-0.1, -0.05) is 0 Å². The van der Waals surface area contributed by atoms with E-state index in [0.717, 1.165) is 25.0 Å². The largest absolute Gasteiger partial charge is 0.416 e. The third-order valence-corrected chi connectivity index (χ3v) is 3.81. The van der Waals surface area contributed by atoms with Crippen LogP contribution in [-0.4, -0.2) is 43.1 Å². The minimum atomic E-state index is -4.41. The molecule has 2 rings (SSSR count). The Morgan fingerprint density at radius 3 is 2.38 bits per heavy atom. The van der Waals surface area contributed by atoms with E-state index in [9.17, 15) is 13.2 Å². The fourth-order valence-corrected chi connectivity index (χ4v) is 2.53. The van der Waals surface area contributed by atoms with Crippen LogP contribution in [-0.2, 0) is 6.18 Å². The standard InChI is InChI=1S/C13H20F3N5/c1-20(2)10-3-5-21(6-4-10)12-8-9(13(14,15)16)7-11(18-12)19-17/h7-8,10H,3-6,17H2,1-2H3,(H,18,19). The van der Waals surface area contributed by atoms with Gasteiger partial charge in [0.05, 0.1) is 5.56 Å². The van der Waals surface area contributed by atoms with E-state index in [4.69, 9.17) is 5.84 Å². The molecule has 0 amide bonds. The van der Waals surface area contributed by atoms with Gasteiger partial charge in [-0.05, 0) is 39.1 Å². The predicted molar refractivity (Wildman–Crippen MR) is 76.0 cm³/mol. The summed E-state index contributed by atoms with van der Waals surface area (Å²) in [5, 5.41) is 0. The molecule has 21 heavy (non-hydrogen) atoms. The van der Waals surface area contributed by atoms with E-state index in [2.05, 4.69) is 15.3 Å². The maximum atomic E-state index is 12.9. The van der Waals surface area contributed by atoms with Gasteiger partial charge in [0.2, 0.25) is 0 Å². The summed E-state index contributed by atoms with van der Waals surface area (Å²) < 4.78 is 38.7. The van der Waals surface area contributed by atoms with Gasteiger partial charge < -0.3 is 15.2 Å². The number of rotatable bonds is 3. The topological polar surface area (TPSA) is 57.4 Å². The second-order valence-corrected chi connectivity index (χ2v) is 5.42. The van der Waals surface area contributed by atoms with Gasteiger partial charge in [0.25, 0.3) is 0 Å². The first-order chi connectivity index (χ1) is 9.81. The molecule has 1 aromatic rings. The quantitative estimate of drug-likeness (QED) is 0.660. The molecule has 0 atom stereocenters. The summed E-state index contributed by atoms with van der Waals surface area (Å²) in [6.45, 7) is 1.36. The van der Waals surface area contributed by atoms with E-state index in [1.165, 1.54) is 0 Å². The van der Waals surface area contributed by atoms with Crippen LogP contribution in [0.2, 0.25) is 0 Å². The Morgan fingerprint density at radius 2 is 1.90 bits per heavy atom. The van der Waals surface area contributed by atoms with Crippen molar-refractivity contribution in [2.45, 2.75) is 25.1 Å². The maximum absolute atomic E-state index is 12.9. The van der Waals surface area contributed by atoms with Gasteiger partial charge >= 0.3 is 6.18 Å². The predicted octanol–water partition coefficient (Wildman–Crippen LogP) is 1.92. The maximum Gasteiger partial charge on any atom is 0.416 e. The lowest BCUT2D eigenvalue weighted by Gasteiger charge is -2.36. The first-order valence-electron chi connectivity index (χ1n) is 6.78. The van der Waals surface area contributed by atoms with Crippen LogP contribution in [0, 0.1) is 0 Å². The number of hydrogen-bond acceptors (Lipinski definition) is 5. The van der Waals surface area contributed by atoms with Gasteiger partial charge in [-0.25, -0.2) is 10.8 Å². The third-order valence-electron chi connectivity index (χ3n) is 3.81. The molecule has 1 aliphatic heterocycles. The van der Waals surface area contributed by atoms with Crippen LogP contribution in [0.15, 0.2) is 12.1 Å². The molecular formula is C13H20F3N5. The first-order valence-corrected chi connectivity index (χ1v) is 6.78. The molecule has 2 heterocycles. The van der Waals surface area contributed by atoms with E-state index >= 15 is 0 Å². The van der Waals surface area contributed by atoms with Gasteiger partial charge in [-0.15, -0.1) is 0 Å². The molecule has 118 valence electrons. The zero-order chi connectivity index (χ0) is 15.6. The Morgan fingerprint density at radius 1 is 1.29 bits per heavy atom. The van der Waals surface area contributed by atoms with E-state index in [1.54, 1.807) is 0 Å². The summed E-state index contributed by atoms with van der Waals surface area (Å²) in [5.74, 6) is 5.55. The van der Waals surface area contributed by atoms with E-state index in [-0.39, 0.29) is 5.82 Å². The molecule has 0 aliphatic carbocycles. The lowest BCUT2D eigenvalue weighted by atomic mass is 10.0. The van der Waals surface area contributed by atoms with Crippen LogP contribution in [0.5, 0.6) is 0 Å². The SMILES string of the molecule is CN(C)C1CCN(c2cc(C(F)(F)F)cc(NN)n2)CC1. The highest BCUT2D eigenvalue weighted by molar-refractivity contribution is 5.51. The number of nitrogens with one attached hydrogen (secondary N) is 1. The van der Waals surface area contributed by atoms with E-state index < -0.39 is 11.7 Å². The molecule has 5 nitrogen and oxygen atoms in total. The number of anilines is 2.